The number of aromatic nitrogens is 1. The molecule has 0 aliphatic rings. The van der Waals surface area contributed by atoms with Crippen molar-refractivity contribution in [1.29, 1.82) is 0 Å². The topological polar surface area (TPSA) is 56.3 Å². The van der Waals surface area contributed by atoms with Gasteiger partial charge in [0, 0.05) is 6.20 Å². The molecule has 4 nitrogen and oxygen atoms in total. The van der Waals surface area contributed by atoms with Crippen molar-refractivity contribution in [1.82, 2.24) is 4.98 Å². The summed E-state index contributed by atoms with van der Waals surface area (Å²) >= 11 is 0. The minimum atomic E-state index is -3.73. The average Bonchev–Trinajstić information content (AvgIpc) is 2.46. The van der Waals surface area contributed by atoms with E-state index < -0.39 is 10.1 Å². The molecule has 0 atom stereocenters. The Morgan fingerprint density at radius 2 is 1.80 bits per heavy atom. The first-order valence-electron chi connectivity index (χ1n) is 6.41. The SMILES string of the molecule is CCc1ccc(COS(=O)(=O)c2ccc(C)cc2)nc1. The Morgan fingerprint density at radius 1 is 1.10 bits per heavy atom. The molecule has 0 spiro atoms. The van der Waals surface area contributed by atoms with E-state index in [0.717, 1.165) is 17.5 Å². The molecule has 0 saturated carbocycles. The van der Waals surface area contributed by atoms with Gasteiger partial charge in [0.25, 0.3) is 10.1 Å². The molecule has 0 aliphatic carbocycles. The molecule has 0 aliphatic heterocycles. The van der Waals surface area contributed by atoms with Crippen LogP contribution in [0, 0.1) is 6.92 Å². The highest BCUT2D eigenvalue weighted by Crippen LogP contribution is 2.15. The van der Waals surface area contributed by atoms with Gasteiger partial charge in [-0.2, -0.15) is 8.42 Å². The van der Waals surface area contributed by atoms with E-state index in [1.165, 1.54) is 12.1 Å². The van der Waals surface area contributed by atoms with Crippen LogP contribution in [-0.4, -0.2) is 13.4 Å². The third kappa shape index (κ3) is 3.65. The number of aryl methyl sites for hydroxylation is 2. The van der Waals surface area contributed by atoms with E-state index in [4.69, 9.17) is 4.18 Å². The Balaban J connectivity index is 2.06. The van der Waals surface area contributed by atoms with Crippen molar-refractivity contribution >= 4 is 10.1 Å². The van der Waals surface area contributed by atoms with Gasteiger partial charge in [-0.1, -0.05) is 30.7 Å². The van der Waals surface area contributed by atoms with Crippen LogP contribution in [0.15, 0.2) is 47.5 Å². The number of pyridine rings is 1. The Hall–Kier alpha value is -1.72. The Bertz CT molecular complexity index is 661. The highest BCUT2D eigenvalue weighted by Gasteiger charge is 2.15. The minimum Gasteiger partial charge on any atom is -0.260 e. The molecule has 5 heteroatoms. The van der Waals surface area contributed by atoms with Crippen molar-refractivity contribution in [2.75, 3.05) is 0 Å². The second kappa shape index (κ2) is 6.15. The van der Waals surface area contributed by atoms with Crippen LogP contribution in [0.2, 0.25) is 0 Å². The first kappa shape index (κ1) is 14.7. The van der Waals surface area contributed by atoms with Gasteiger partial charge < -0.3 is 0 Å². The van der Waals surface area contributed by atoms with E-state index >= 15 is 0 Å². The molecule has 0 amide bonds. The molecule has 0 N–H and O–H groups in total. The molecule has 2 rings (SSSR count). The lowest BCUT2D eigenvalue weighted by molar-refractivity contribution is 0.303. The standard InChI is InChI=1S/C15H17NO3S/c1-3-13-6-7-14(16-10-13)11-19-20(17,18)15-8-4-12(2)5-9-15/h4-10H,3,11H2,1-2H3. The molecule has 1 aromatic carbocycles. The van der Waals surface area contributed by atoms with Crippen molar-refractivity contribution < 1.29 is 12.6 Å². The first-order valence-corrected chi connectivity index (χ1v) is 7.82. The monoisotopic (exact) mass is 291 g/mol. The predicted molar refractivity (Wildman–Crippen MR) is 76.8 cm³/mol. The molecule has 2 aromatic rings. The van der Waals surface area contributed by atoms with E-state index in [9.17, 15) is 8.42 Å². The minimum absolute atomic E-state index is 0.0554. The molecule has 0 fully saturated rings. The van der Waals surface area contributed by atoms with E-state index in [-0.39, 0.29) is 11.5 Å². The van der Waals surface area contributed by atoms with Crippen LogP contribution in [0.3, 0.4) is 0 Å². The third-order valence-electron chi connectivity index (χ3n) is 2.97. The molecule has 1 heterocycles. The zero-order valence-electron chi connectivity index (χ0n) is 11.5. The van der Waals surface area contributed by atoms with Crippen LogP contribution in [0.5, 0.6) is 0 Å². The maximum absolute atomic E-state index is 12.0. The van der Waals surface area contributed by atoms with Gasteiger partial charge in [-0.3, -0.25) is 9.17 Å². The fourth-order valence-electron chi connectivity index (χ4n) is 1.66. The molecule has 0 radical (unpaired) electrons. The van der Waals surface area contributed by atoms with Gasteiger partial charge in [-0.25, -0.2) is 0 Å². The summed E-state index contributed by atoms with van der Waals surface area (Å²) in [5.41, 5.74) is 2.70. The van der Waals surface area contributed by atoms with Gasteiger partial charge in [0.15, 0.2) is 0 Å². The van der Waals surface area contributed by atoms with Crippen molar-refractivity contribution in [3.05, 3.63) is 59.4 Å². The van der Waals surface area contributed by atoms with Crippen molar-refractivity contribution in [2.24, 2.45) is 0 Å². The lowest BCUT2D eigenvalue weighted by atomic mass is 10.2. The summed E-state index contributed by atoms with van der Waals surface area (Å²) in [5.74, 6) is 0. The second-order valence-corrected chi connectivity index (χ2v) is 6.16. The number of hydrogen-bond donors (Lipinski definition) is 0. The molecule has 0 unspecified atom stereocenters. The Kier molecular flexibility index (Phi) is 4.52. The van der Waals surface area contributed by atoms with Crippen LogP contribution in [0.4, 0.5) is 0 Å². The van der Waals surface area contributed by atoms with Gasteiger partial charge >= 0.3 is 0 Å². The Morgan fingerprint density at radius 3 is 2.35 bits per heavy atom. The van der Waals surface area contributed by atoms with E-state index in [2.05, 4.69) is 4.98 Å². The largest absolute Gasteiger partial charge is 0.297 e. The number of rotatable bonds is 5. The first-order chi connectivity index (χ1) is 9.51. The lowest BCUT2D eigenvalue weighted by Gasteiger charge is -2.06. The zero-order valence-corrected chi connectivity index (χ0v) is 12.4. The van der Waals surface area contributed by atoms with Crippen molar-refractivity contribution in [3.63, 3.8) is 0 Å². The summed E-state index contributed by atoms with van der Waals surface area (Å²) in [6.45, 7) is 3.88. The molecule has 0 saturated heterocycles. The quantitative estimate of drug-likeness (QED) is 0.795. The van der Waals surface area contributed by atoms with Gasteiger partial charge in [0.1, 0.15) is 6.61 Å². The third-order valence-corrected chi connectivity index (χ3v) is 4.24. The van der Waals surface area contributed by atoms with Crippen molar-refractivity contribution in [3.8, 4) is 0 Å². The normalized spacial score (nSPS) is 11.5. The van der Waals surface area contributed by atoms with Crippen LogP contribution >= 0.6 is 0 Å². The zero-order chi connectivity index (χ0) is 14.6. The lowest BCUT2D eigenvalue weighted by Crippen LogP contribution is -2.07. The molecule has 1 aromatic heterocycles. The van der Waals surface area contributed by atoms with E-state index in [0.29, 0.717) is 5.69 Å². The van der Waals surface area contributed by atoms with Gasteiger partial charge in [0.05, 0.1) is 10.6 Å². The molecular weight excluding hydrogens is 274 g/mol. The summed E-state index contributed by atoms with van der Waals surface area (Å²) < 4.78 is 29.0. The predicted octanol–water partition coefficient (Wildman–Crippen LogP) is 2.86. The van der Waals surface area contributed by atoms with Crippen LogP contribution in [0.25, 0.3) is 0 Å². The fourth-order valence-corrected chi connectivity index (χ4v) is 2.54. The maximum Gasteiger partial charge on any atom is 0.297 e. The smallest absolute Gasteiger partial charge is 0.260 e. The van der Waals surface area contributed by atoms with Gasteiger partial charge in [-0.05, 0) is 37.1 Å². The molecule has 0 bridgehead atoms. The van der Waals surface area contributed by atoms with Gasteiger partial charge in [0.2, 0.25) is 0 Å². The van der Waals surface area contributed by atoms with Gasteiger partial charge in [-0.15, -0.1) is 0 Å². The molecule has 106 valence electrons. The Labute approximate surface area is 119 Å². The molecular formula is C15H17NO3S. The highest BCUT2D eigenvalue weighted by atomic mass is 32.2. The summed E-state index contributed by atoms with van der Waals surface area (Å²) in [7, 11) is -3.73. The summed E-state index contributed by atoms with van der Waals surface area (Å²) in [4.78, 5) is 4.33. The van der Waals surface area contributed by atoms with E-state index in [1.54, 1.807) is 24.4 Å². The number of hydrogen-bond acceptors (Lipinski definition) is 4. The average molecular weight is 291 g/mol. The van der Waals surface area contributed by atoms with E-state index in [1.807, 2.05) is 19.9 Å². The number of nitrogens with zero attached hydrogens (tertiary/aromatic N) is 1. The van der Waals surface area contributed by atoms with Crippen LogP contribution in [0.1, 0.15) is 23.7 Å². The maximum atomic E-state index is 12.0. The van der Waals surface area contributed by atoms with Crippen molar-refractivity contribution in [2.45, 2.75) is 31.8 Å². The number of benzene rings is 1. The van der Waals surface area contributed by atoms with Crippen LogP contribution in [-0.2, 0) is 27.3 Å². The fraction of sp³-hybridized carbons (Fsp3) is 0.267. The summed E-state index contributed by atoms with van der Waals surface area (Å²) in [6.07, 6.45) is 2.63. The summed E-state index contributed by atoms with van der Waals surface area (Å²) in [5, 5.41) is 0. The second-order valence-electron chi connectivity index (χ2n) is 4.54. The van der Waals surface area contributed by atoms with Crippen LogP contribution < -0.4 is 0 Å². The highest BCUT2D eigenvalue weighted by molar-refractivity contribution is 7.86. The molecule has 20 heavy (non-hydrogen) atoms. The summed E-state index contributed by atoms with van der Waals surface area (Å²) in [6, 6.07) is 10.3.